The second-order valence-electron chi connectivity index (χ2n) is 4.10. The monoisotopic (exact) mass is 327 g/mol. The van der Waals surface area contributed by atoms with Gasteiger partial charge in [-0.1, -0.05) is 52.7 Å². The van der Waals surface area contributed by atoms with Gasteiger partial charge in [-0.05, 0) is 18.1 Å². The summed E-state index contributed by atoms with van der Waals surface area (Å²) < 4.78 is 2.87. The SMILES string of the molecule is CCCn1ncc(Cl)c1C(N)c1ccccc1Br. The molecule has 1 aromatic heterocycles. The lowest BCUT2D eigenvalue weighted by Gasteiger charge is -2.16. The van der Waals surface area contributed by atoms with E-state index in [2.05, 4.69) is 28.0 Å². The Morgan fingerprint density at radius 2 is 2.17 bits per heavy atom. The fraction of sp³-hybridized carbons (Fsp3) is 0.308. The van der Waals surface area contributed by atoms with Gasteiger partial charge in [0.15, 0.2) is 0 Å². The smallest absolute Gasteiger partial charge is 0.0837 e. The number of hydrogen-bond donors (Lipinski definition) is 1. The van der Waals surface area contributed by atoms with Gasteiger partial charge in [-0.15, -0.1) is 0 Å². The van der Waals surface area contributed by atoms with E-state index in [1.165, 1.54) is 0 Å². The first kappa shape index (κ1) is 13.6. The average molecular weight is 329 g/mol. The molecule has 2 aromatic rings. The van der Waals surface area contributed by atoms with Crippen molar-refractivity contribution in [1.29, 1.82) is 0 Å². The van der Waals surface area contributed by atoms with Crippen LogP contribution in [0, 0.1) is 0 Å². The van der Waals surface area contributed by atoms with E-state index < -0.39 is 0 Å². The molecule has 0 saturated heterocycles. The van der Waals surface area contributed by atoms with Gasteiger partial charge in [-0.25, -0.2) is 0 Å². The number of aryl methyl sites for hydroxylation is 1. The van der Waals surface area contributed by atoms with Crippen LogP contribution in [0.3, 0.4) is 0 Å². The van der Waals surface area contributed by atoms with Crippen molar-refractivity contribution in [1.82, 2.24) is 9.78 Å². The van der Waals surface area contributed by atoms with Crippen LogP contribution in [-0.4, -0.2) is 9.78 Å². The molecule has 1 atom stereocenters. The Bertz CT molecular complexity index is 539. The third kappa shape index (κ3) is 2.60. The summed E-state index contributed by atoms with van der Waals surface area (Å²) in [7, 11) is 0. The second-order valence-corrected chi connectivity index (χ2v) is 5.36. The molecule has 96 valence electrons. The lowest BCUT2D eigenvalue weighted by Crippen LogP contribution is -2.18. The molecule has 0 bridgehead atoms. The van der Waals surface area contributed by atoms with Crippen LogP contribution in [-0.2, 0) is 6.54 Å². The van der Waals surface area contributed by atoms with Crippen LogP contribution >= 0.6 is 27.5 Å². The summed E-state index contributed by atoms with van der Waals surface area (Å²) in [4.78, 5) is 0. The summed E-state index contributed by atoms with van der Waals surface area (Å²) >= 11 is 9.72. The van der Waals surface area contributed by atoms with Crippen molar-refractivity contribution in [2.24, 2.45) is 5.73 Å². The molecule has 5 heteroatoms. The molecule has 0 amide bonds. The van der Waals surface area contributed by atoms with Crippen LogP contribution in [0.5, 0.6) is 0 Å². The van der Waals surface area contributed by atoms with Gasteiger partial charge in [0.25, 0.3) is 0 Å². The summed E-state index contributed by atoms with van der Waals surface area (Å²) in [5, 5.41) is 4.89. The van der Waals surface area contributed by atoms with E-state index in [-0.39, 0.29) is 6.04 Å². The predicted octanol–water partition coefficient (Wildman–Crippen LogP) is 3.76. The maximum atomic E-state index is 6.32. The first-order valence-electron chi connectivity index (χ1n) is 5.86. The molecule has 0 saturated carbocycles. The number of hydrogen-bond acceptors (Lipinski definition) is 2. The van der Waals surface area contributed by atoms with Crippen molar-refractivity contribution < 1.29 is 0 Å². The van der Waals surface area contributed by atoms with Crippen LogP contribution in [0.2, 0.25) is 5.02 Å². The molecule has 0 aliphatic carbocycles. The minimum absolute atomic E-state index is 0.276. The van der Waals surface area contributed by atoms with E-state index in [1.54, 1.807) is 6.20 Å². The average Bonchev–Trinajstić information content (AvgIpc) is 2.71. The van der Waals surface area contributed by atoms with Gasteiger partial charge in [0.05, 0.1) is 23.0 Å². The van der Waals surface area contributed by atoms with Crippen molar-refractivity contribution in [3.05, 3.63) is 51.2 Å². The first-order valence-corrected chi connectivity index (χ1v) is 7.03. The number of benzene rings is 1. The summed E-state index contributed by atoms with van der Waals surface area (Å²) in [5.41, 5.74) is 8.20. The minimum atomic E-state index is -0.276. The molecule has 0 radical (unpaired) electrons. The second kappa shape index (κ2) is 5.87. The molecule has 0 spiro atoms. The molecule has 0 aliphatic rings. The fourth-order valence-electron chi connectivity index (χ4n) is 1.95. The van der Waals surface area contributed by atoms with Crippen molar-refractivity contribution in [3.63, 3.8) is 0 Å². The molecule has 1 aromatic carbocycles. The van der Waals surface area contributed by atoms with Crippen molar-refractivity contribution >= 4 is 27.5 Å². The number of aromatic nitrogens is 2. The molecule has 2 N–H and O–H groups in total. The Morgan fingerprint density at radius 1 is 1.44 bits per heavy atom. The molecule has 0 aliphatic heterocycles. The highest BCUT2D eigenvalue weighted by atomic mass is 79.9. The van der Waals surface area contributed by atoms with Crippen LogP contribution in [0.25, 0.3) is 0 Å². The van der Waals surface area contributed by atoms with Gasteiger partial charge < -0.3 is 5.73 Å². The molecule has 2 rings (SSSR count). The maximum absolute atomic E-state index is 6.32. The van der Waals surface area contributed by atoms with E-state index in [4.69, 9.17) is 17.3 Å². The summed E-state index contributed by atoms with van der Waals surface area (Å²) in [5.74, 6) is 0. The maximum Gasteiger partial charge on any atom is 0.0837 e. The summed E-state index contributed by atoms with van der Waals surface area (Å²) in [6.45, 7) is 2.92. The Morgan fingerprint density at radius 3 is 2.83 bits per heavy atom. The van der Waals surface area contributed by atoms with Crippen molar-refractivity contribution in [2.45, 2.75) is 25.9 Å². The van der Waals surface area contributed by atoms with Crippen LogP contribution in [0.1, 0.15) is 30.6 Å². The quantitative estimate of drug-likeness (QED) is 0.928. The van der Waals surface area contributed by atoms with Gasteiger partial charge in [-0.2, -0.15) is 5.10 Å². The van der Waals surface area contributed by atoms with Gasteiger partial charge in [-0.3, -0.25) is 4.68 Å². The molecule has 18 heavy (non-hydrogen) atoms. The van der Waals surface area contributed by atoms with E-state index in [0.717, 1.165) is 28.7 Å². The van der Waals surface area contributed by atoms with Crippen LogP contribution in [0.15, 0.2) is 34.9 Å². The normalized spacial score (nSPS) is 12.7. The van der Waals surface area contributed by atoms with Crippen molar-refractivity contribution in [3.8, 4) is 0 Å². The Labute approximate surface area is 120 Å². The molecule has 0 fully saturated rings. The third-order valence-corrected chi connectivity index (χ3v) is 3.82. The predicted molar refractivity (Wildman–Crippen MR) is 77.7 cm³/mol. The zero-order chi connectivity index (χ0) is 13.1. The lowest BCUT2D eigenvalue weighted by atomic mass is 10.0. The largest absolute Gasteiger partial charge is 0.319 e. The number of halogens is 2. The fourth-order valence-corrected chi connectivity index (χ4v) is 2.74. The highest BCUT2D eigenvalue weighted by molar-refractivity contribution is 9.10. The highest BCUT2D eigenvalue weighted by Gasteiger charge is 2.19. The van der Waals surface area contributed by atoms with Crippen molar-refractivity contribution in [2.75, 3.05) is 0 Å². The summed E-state index contributed by atoms with van der Waals surface area (Å²) in [6.07, 6.45) is 2.65. The van der Waals surface area contributed by atoms with Crippen LogP contribution < -0.4 is 5.73 Å². The lowest BCUT2D eigenvalue weighted by molar-refractivity contribution is 0.559. The zero-order valence-corrected chi connectivity index (χ0v) is 12.4. The molecule has 3 nitrogen and oxygen atoms in total. The standard InChI is InChI=1S/C13H15BrClN3/c1-2-7-18-13(11(15)8-17-18)12(16)9-5-3-4-6-10(9)14/h3-6,8,12H,2,7,16H2,1H3. The Hall–Kier alpha value is -0.840. The van der Waals surface area contributed by atoms with E-state index in [0.29, 0.717) is 5.02 Å². The van der Waals surface area contributed by atoms with Gasteiger partial charge in [0, 0.05) is 11.0 Å². The minimum Gasteiger partial charge on any atom is -0.319 e. The first-order chi connectivity index (χ1) is 8.65. The number of nitrogens with two attached hydrogens (primary N) is 1. The van der Waals surface area contributed by atoms with E-state index in [1.807, 2.05) is 28.9 Å². The highest BCUT2D eigenvalue weighted by Crippen LogP contribution is 2.30. The molecular weight excluding hydrogens is 314 g/mol. The van der Waals surface area contributed by atoms with Gasteiger partial charge in [0.2, 0.25) is 0 Å². The topological polar surface area (TPSA) is 43.8 Å². The van der Waals surface area contributed by atoms with Crippen LogP contribution in [0.4, 0.5) is 0 Å². The molecule has 1 unspecified atom stereocenters. The van der Waals surface area contributed by atoms with Gasteiger partial charge in [0.1, 0.15) is 0 Å². The zero-order valence-electron chi connectivity index (χ0n) is 10.1. The molecular formula is C13H15BrClN3. The molecule has 1 heterocycles. The Kier molecular flexibility index (Phi) is 4.43. The van der Waals surface area contributed by atoms with E-state index in [9.17, 15) is 0 Å². The third-order valence-electron chi connectivity index (χ3n) is 2.80. The van der Waals surface area contributed by atoms with Gasteiger partial charge >= 0.3 is 0 Å². The summed E-state index contributed by atoms with van der Waals surface area (Å²) in [6, 6.07) is 7.62. The number of nitrogens with zero attached hydrogens (tertiary/aromatic N) is 2. The Balaban J connectivity index is 2.42. The number of rotatable bonds is 4. The van der Waals surface area contributed by atoms with E-state index >= 15 is 0 Å².